The fourth-order valence-corrected chi connectivity index (χ4v) is 6.56. The number of methoxy groups -OCH3 is 1. The van der Waals surface area contributed by atoms with Gasteiger partial charge < -0.3 is 29.4 Å². The maximum atomic E-state index is 15.0. The Balaban J connectivity index is 1.40. The van der Waals surface area contributed by atoms with Crippen molar-refractivity contribution in [3.05, 3.63) is 88.7 Å². The zero-order valence-electron chi connectivity index (χ0n) is 29.3. The van der Waals surface area contributed by atoms with Crippen LogP contribution in [0.2, 0.25) is 5.02 Å². The lowest BCUT2D eigenvalue weighted by Gasteiger charge is -2.33. The Kier molecular flexibility index (Phi) is 12.8. The molecule has 52 heavy (non-hydrogen) atoms. The topological polar surface area (TPSA) is 149 Å². The fourth-order valence-electron chi connectivity index (χ4n) is 6.38. The third-order valence-corrected chi connectivity index (χ3v) is 9.40. The molecule has 3 N–H and O–H groups in total. The molecule has 2 aromatic carbocycles. The highest BCUT2D eigenvalue weighted by Crippen LogP contribution is 2.33. The summed E-state index contributed by atoms with van der Waals surface area (Å²) in [7, 11) is 1.19. The van der Waals surface area contributed by atoms with Gasteiger partial charge in [0.15, 0.2) is 6.29 Å². The lowest BCUT2D eigenvalue weighted by Crippen LogP contribution is -2.55. The van der Waals surface area contributed by atoms with Crippen LogP contribution in [0.15, 0.2) is 60.9 Å². The number of esters is 1. The summed E-state index contributed by atoms with van der Waals surface area (Å²) in [6.07, 6.45) is 0.706. The number of ether oxygens (including phenoxy) is 4. The lowest BCUT2D eigenvalue weighted by atomic mass is 9.80. The molecule has 12 nitrogen and oxygen atoms in total. The second-order valence-electron chi connectivity index (χ2n) is 14.0. The average Bonchev–Trinajstić information content (AvgIpc) is 3.72. The molecule has 280 valence electrons. The van der Waals surface area contributed by atoms with E-state index in [9.17, 15) is 28.3 Å². The van der Waals surface area contributed by atoms with E-state index in [4.69, 9.17) is 30.5 Å². The first kappa shape index (κ1) is 39.0. The molecule has 15 heteroatoms. The highest BCUT2D eigenvalue weighted by atomic mass is 35.5. The Bertz CT molecular complexity index is 1710. The molecule has 0 aliphatic carbocycles. The van der Waals surface area contributed by atoms with E-state index in [2.05, 4.69) is 15.7 Å². The van der Waals surface area contributed by atoms with Crippen LogP contribution >= 0.6 is 11.6 Å². The van der Waals surface area contributed by atoms with E-state index < -0.39 is 65.5 Å². The van der Waals surface area contributed by atoms with Crippen LogP contribution in [-0.4, -0.2) is 84.5 Å². The minimum absolute atomic E-state index is 0.0857. The smallest absolute Gasteiger partial charge is 0.422 e. The number of carbonyl (C=O) groups excluding carboxylic acids is 3. The first-order chi connectivity index (χ1) is 24.7. The van der Waals surface area contributed by atoms with Gasteiger partial charge >= 0.3 is 12.1 Å². The van der Waals surface area contributed by atoms with Crippen LogP contribution in [-0.2, 0) is 41.5 Å². The van der Waals surface area contributed by atoms with Crippen molar-refractivity contribution in [3.63, 3.8) is 0 Å². The second kappa shape index (κ2) is 17.1. The van der Waals surface area contributed by atoms with Gasteiger partial charge in [-0.1, -0.05) is 62.7 Å². The molecule has 2 amide bonds. The predicted octanol–water partition coefficient (Wildman–Crippen LogP) is 4.81. The standard InChI is InChI=1S/C37H43ClF2N4O8/c1-37(2,3)32(34(47)49-4)33(46)42-29(14-21-7-9-22(10-8-21)23-6-5-12-41-17-23)30(45)19-44(18-24-15-26(38)28(40)16-27(24)39)43-36(48)52-31-20-51-35-25(31)11-13-50-35/h5-10,12,15-17,25,29-32,35,45H,11,13-14,18-20H2,1-4H3,(H,42,46)(H,43,48). The van der Waals surface area contributed by atoms with Crippen molar-refractivity contribution in [2.45, 2.75) is 64.7 Å². The fraction of sp³-hybridized carbons (Fsp3) is 0.459. The SMILES string of the molecule is COC(=O)C(C(=O)NC(Cc1ccc(-c2cccnc2)cc1)C(O)CN(Cc1cc(Cl)c(F)cc1F)NC(=O)OC1COC2OCCC12)C(C)(C)C. The Morgan fingerprint density at radius 2 is 1.85 bits per heavy atom. The Morgan fingerprint density at radius 3 is 2.52 bits per heavy atom. The van der Waals surface area contributed by atoms with Crippen LogP contribution in [0.4, 0.5) is 13.6 Å². The largest absolute Gasteiger partial charge is 0.468 e. The van der Waals surface area contributed by atoms with Crippen LogP contribution in [0.5, 0.6) is 0 Å². The molecule has 3 heterocycles. The minimum atomic E-state index is -1.43. The summed E-state index contributed by atoms with van der Waals surface area (Å²) in [4.78, 5) is 43.9. The number of rotatable bonds is 13. The minimum Gasteiger partial charge on any atom is -0.468 e. The summed E-state index contributed by atoms with van der Waals surface area (Å²) >= 11 is 5.96. The predicted molar refractivity (Wildman–Crippen MR) is 185 cm³/mol. The number of carbonyl (C=O) groups is 3. The van der Waals surface area contributed by atoms with Crippen LogP contribution in [0.25, 0.3) is 11.1 Å². The zero-order valence-corrected chi connectivity index (χ0v) is 30.1. The number of aromatic nitrogens is 1. The number of nitrogens with zero attached hydrogens (tertiary/aromatic N) is 2. The number of halogens is 3. The van der Waals surface area contributed by atoms with E-state index in [0.29, 0.717) is 19.1 Å². The van der Waals surface area contributed by atoms with E-state index >= 15 is 0 Å². The van der Waals surface area contributed by atoms with E-state index in [1.165, 1.54) is 12.1 Å². The van der Waals surface area contributed by atoms with Gasteiger partial charge in [0, 0.05) is 37.1 Å². The number of nitrogens with one attached hydrogen (secondary N) is 2. The molecule has 6 unspecified atom stereocenters. The van der Waals surface area contributed by atoms with Crippen LogP contribution in [0.1, 0.15) is 38.3 Å². The number of amides is 2. The Labute approximate surface area is 305 Å². The molecular weight excluding hydrogens is 702 g/mol. The third-order valence-electron chi connectivity index (χ3n) is 9.11. The highest BCUT2D eigenvalue weighted by molar-refractivity contribution is 6.30. The van der Waals surface area contributed by atoms with Crippen LogP contribution in [0, 0.1) is 28.9 Å². The molecule has 1 aromatic heterocycles. The zero-order chi connectivity index (χ0) is 37.6. The molecule has 3 aromatic rings. The maximum Gasteiger partial charge on any atom is 0.422 e. The summed E-state index contributed by atoms with van der Waals surface area (Å²) in [5.74, 6) is -4.71. The quantitative estimate of drug-likeness (QED) is 0.0965. The van der Waals surface area contributed by atoms with Gasteiger partial charge in [-0.15, -0.1) is 0 Å². The summed E-state index contributed by atoms with van der Waals surface area (Å²) < 4.78 is 50.6. The Hall–Kier alpha value is -4.21. The van der Waals surface area contributed by atoms with Gasteiger partial charge in [-0.3, -0.25) is 20.0 Å². The second-order valence-corrected chi connectivity index (χ2v) is 14.4. The van der Waals surface area contributed by atoms with Crippen LogP contribution < -0.4 is 10.7 Å². The van der Waals surface area contributed by atoms with Crippen molar-refractivity contribution >= 4 is 29.6 Å². The number of pyridine rings is 1. The van der Waals surface area contributed by atoms with Gasteiger partial charge in [0.25, 0.3) is 0 Å². The Morgan fingerprint density at radius 1 is 1.10 bits per heavy atom. The number of hydrogen-bond acceptors (Lipinski definition) is 10. The molecule has 6 atom stereocenters. The van der Waals surface area contributed by atoms with Crippen molar-refractivity contribution in [1.82, 2.24) is 20.7 Å². The van der Waals surface area contributed by atoms with E-state index in [1.54, 1.807) is 33.2 Å². The summed E-state index contributed by atoms with van der Waals surface area (Å²) in [6.45, 7) is 4.98. The van der Waals surface area contributed by atoms with Crippen molar-refractivity contribution in [2.24, 2.45) is 17.3 Å². The van der Waals surface area contributed by atoms with E-state index in [-0.39, 0.29) is 42.6 Å². The molecule has 2 saturated heterocycles. The molecule has 0 bridgehead atoms. The van der Waals surface area contributed by atoms with E-state index in [1.807, 2.05) is 36.4 Å². The molecule has 0 radical (unpaired) electrons. The first-order valence-electron chi connectivity index (χ1n) is 16.9. The monoisotopic (exact) mass is 744 g/mol. The van der Waals surface area contributed by atoms with Crippen LogP contribution in [0.3, 0.4) is 0 Å². The lowest BCUT2D eigenvalue weighted by molar-refractivity contribution is -0.155. The van der Waals surface area contributed by atoms with Gasteiger partial charge in [-0.05, 0) is 47.1 Å². The number of hydrazine groups is 1. The molecule has 5 rings (SSSR count). The molecule has 2 aliphatic rings. The number of fused-ring (bicyclic) bond motifs is 1. The third kappa shape index (κ3) is 9.81. The highest BCUT2D eigenvalue weighted by Gasteiger charge is 2.44. The molecule has 2 fully saturated rings. The van der Waals surface area contributed by atoms with Gasteiger partial charge in [0.1, 0.15) is 23.7 Å². The normalized spacial score (nSPS) is 20.1. The number of benzene rings is 2. The molecule has 0 saturated carbocycles. The number of aliphatic hydroxyl groups excluding tert-OH is 1. The molecule has 0 spiro atoms. The summed E-state index contributed by atoms with van der Waals surface area (Å²) in [5, 5.41) is 15.4. The van der Waals surface area contributed by atoms with Gasteiger partial charge in [0.05, 0.1) is 43.4 Å². The van der Waals surface area contributed by atoms with Gasteiger partial charge in [-0.25, -0.2) is 18.6 Å². The summed E-state index contributed by atoms with van der Waals surface area (Å²) in [6, 6.07) is 11.8. The van der Waals surface area contributed by atoms with Crippen molar-refractivity contribution in [1.29, 1.82) is 0 Å². The first-order valence-corrected chi connectivity index (χ1v) is 17.3. The van der Waals surface area contributed by atoms with Crippen molar-refractivity contribution in [3.8, 4) is 11.1 Å². The average molecular weight is 745 g/mol. The number of hydrogen-bond donors (Lipinski definition) is 3. The van der Waals surface area contributed by atoms with E-state index in [0.717, 1.165) is 22.8 Å². The van der Waals surface area contributed by atoms with Crippen molar-refractivity contribution < 1.29 is 47.2 Å². The van der Waals surface area contributed by atoms with Crippen molar-refractivity contribution in [2.75, 3.05) is 26.9 Å². The molecule has 2 aliphatic heterocycles. The summed E-state index contributed by atoms with van der Waals surface area (Å²) in [5.41, 5.74) is 4.15. The van der Waals surface area contributed by atoms with Gasteiger partial charge in [-0.2, -0.15) is 0 Å². The van der Waals surface area contributed by atoms with Gasteiger partial charge in [0.2, 0.25) is 5.91 Å². The number of aliphatic hydroxyl groups is 1. The maximum absolute atomic E-state index is 15.0. The molecular formula is C37H43ClF2N4O8.